The second kappa shape index (κ2) is 5.37. The average Bonchev–Trinajstić information content (AvgIpc) is 1.81. The molecule has 0 rings (SSSR count). The van der Waals surface area contributed by atoms with E-state index >= 15 is 0 Å². The van der Waals surface area contributed by atoms with E-state index < -0.39 is 9.84 Å². The third kappa shape index (κ3) is 9.53. The van der Waals surface area contributed by atoms with Crippen LogP contribution in [-0.2, 0) is 14.6 Å². The lowest BCUT2D eigenvalue weighted by Gasteiger charge is -2.02. The Morgan fingerprint density at radius 2 is 1.85 bits per heavy atom. The van der Waals surface area contributed by atoms with E-state index in [4.69, 9.17) is 0 Å². The topological polar surface area (TPSA) is 51.2 Å². The van der Waals surface area contributed by atoms with Crippen molar-refractivity contribution in [3.63, 3.8) is 0 Å². The predicted octanol–water partition coefficient (Wildman–Crippen LogP) is 1.43. The Morgan fingerprint density at radius 3 is 2.23 bits per heavy atom. The minimum absolute atomic E-state index is 0.164. The fourth-order valence-electron chi connectivity index (χ4n) is 1.07. The molecular weight excluding hydrogens is 188 g/mol. The summed E-state index contributed by atoms with van der Waals surface area (Å²) in [5.74, 6) is 0.111. The molecule has 78 valence electrons. The fourth-order valence-corrected chi connectivity index (χ4v) is 1.80. The summed E-state index contributed by atoms with van der Waals surface area (Å²) in [6.45, 7) is 4.17. The van der Waals surface area contributed by atoms with Gasteiger partial charge in [0.15, 0.2) is 9.84 Å². The van der Waals surface area contributed by atoms with Gasteiger partial charge in [0.25, 0.3) is 0 Å². The maximum absolute atomic E-state index is 11.1. The van der Waals surface area contributed by atoms with Crippen LogP contribution in [0.2, 0.25) is 0 Å². The van der Waals surface area contributed by atoms with Gasteiger partial charge in [-0.15, -0.1) is 0 Å². The third-order valence-electron chi connectivity index (χ3n) is 1.66. The number of hydrogen-bond donors (Lipinski definition) is 0. The van der Waals surface area contributed by atoms with E-state index in [2.05, 4.69) is 13.8 Å². The van der Waals surface area contributed by atoms with Gasteiger partial charge in [-0.05, 0) is 12.3 Å². The van der Waals surface area contributed by atoms with Crippen LogP contribution < -0.4 is 0 Å². The molecule has 0 aliphatic heterocycles. The van der Waals surface area contributed by atoms with Gasteiger partial charge in [-0.3, -0.25) is 4.79 Å². The molecule has 0 radical (unpaired) electrons. The Bertz CT molecular complexity index is 252. The molecule has 0 bridgehead atoms. The average molecular weight is 206 g/mol. The van der Waals surface area contributed by atoms with Crippen LogP contribution in [0.3, 0.4) is 0 Å². The standard InChI is InChI=1S/C9H18O3S/c1-8(2)5-4-6-9(10)7-13(3,11)12/h8H,4-7H2,1-3H3. The van der Waals surface area contributed by atoms with Crippen LogP contribution in [0.25, 0.3) is 0 Å². The van der Waals surface area contributed by atoms with E-state index in [1.807, 2.05) is 0 Å². The Labute approximate surface area is 80.4 Å². The van der Waals surface area contributed by atoms with Gasteiger partial charge in [0.2, 0.25) is 0 Å². The molecule has 0 unspecified atom stereocenters. The summed E-state index contributed by atoms with van der Waals surface area (Å²) in [5, 5.41) is 0. The Morgan fingerprint density at radius 1 is 1.31 bits per heavy atom. The molecule has 0 aliphatic rings. The van der Waals surface area contributed by atoms with E-state index in [1.54, 1.807) is 0 Å². The first kappa shape index (κ1) is 12.6. The molecule has 0 fully saturated rings. The van der Waals surface area contributed by atoms with Gasteiger partial charge in [-0.2, -0.15) is 0 Å². The Balaban J connectivity index is 3.65. The minimum Gasteiger partial charge on any atom is -0.299 e. The van der Waals surface area contributed by atoms with Crippen LogP contribution in [0.15, 0.2) is 0 Å². The second-order valence-corrected chi connectivity index (χ2v) is 6.04. The highest BCUT2D eigenvalue weighted by molar-refractivity contribution is 7.91. The number of carbonyl (C=O) groups is 1. The van der Waals surface area contributed by atoms with Crippen molar-refractivity contribution in [2.45, 2.75) is 33.1 Å². The van der Waals surface area contributed by atoms with E-state index in [0.717, 1.165) is 19.1 Å². The van der Waals surface area contributed by atoms with Gasteiger partial charge >= 0.3 is 0 Å². The van der Waals surface area contributed by atoms with Crippen LogP contribution in [0.5, 0.6) is 0 Å². The quantitative estimate of drug-likeness (QED) is 0.660. The summed E-state index contributed by atoms with van der Waals surface area (Å²) in [4.78, 5) is 11.1. The maximum atomic E-state index is 11.1. The molecule has 0 saturated carbocycles. The number of hydrogen-bond acceptors (Lipinski definition) is 3. The molecule has 0 spiro atoms. The molecule has 0 aromatic heterocycles. The molecule has 0 aromatic rings. The summed E-state index contributed by atoms with van der Waals surface area (Å²) >= 11 is 0. The number of carbonyl (C=O) groups excluding carboxylic acids is 1. The third-order valence-corrected chi connectivity index (χ3v) is 2.51. The lowest BCUT2D eigenvalue weighted by Crippen LogP contribution is -2.14. The first-order valence-corrected chi connectivity index (χ1v) is 6.56. The van der Waals surface area contributed by atoms with E-state index in [9.17, 15) is 13.2 Å². The fraction of sp³-hybridized carbons (Fsp3) is 0.889. The smallest absolute Gasteiger partial charge is 0.154 e. The van der Waals surface area contributed by atoms with Crippen molar-refractivity contribution in [1.29, 1.82) is 0 Å². The molecule has 0 atom stereocenters. The van der Waals surface area contributed by atoms with Gasteiger partial charge < -0.3 is 0 Å². The predicted molar refractivity (Wildman–Crippen MR) is 53.4 cm³/mol. The molecular formula is C9H18O3S. The monoisotopic (exact) mass is 206 g/mol. The lowest BCUT2D eigenvalue weighted by atomic mass is 10.1. The zero-order valence-electron chi connectivity index (χ0n) is 8.54. The van der Waals surface area contributed by atoms with E-state index in [0.29, 0.717) is 12.3 Å². The van der Waals surface area contributed by atoms with Crippen molar-refractivity contribution in [2.24, 2.45) is 5.92 Å². The van der Waals surface area contributed by atoms with Crippen molar-refractivity contribution < 1.29 is 13.2 Å². The number of rotatable bonds is 6. The number of Topliss-reactive ketones (excluding diaryl/α,β-unsaturated/α-hetero) is 1. The molecule has 4 heteroatoms. The summed E-state index contributed by atoms with van der Waals surface area (Å²) in [5.41, 5.74) is 0. The largest absolute Gasteiger partial charge is 0.299 e. The van der Waals surface area contributed by atoms with Gasteiger partial charge in [-0.25, -0.2) is 8.42 Å². The summed E-state index contributed by atoms with van der Waals surface area (Å²) in [6, 6.07) is 0. The van der Waals surface area contributed by atoms with Gasteiger partial charge in [0.1, 0.15) is 11.5 Å². The first-order chi connectivity index (χ1) is 5.81. The van der Waals surface area contributed by atoms with Crippen molar-refractivity contribution in [2.75, 3.05) is 12.0 Å². The highest BCUT2D eigenvalue weighted by Crippen LogP contribution is 2.06. The van der Waals surface area contributed by atoms with Gasteiger partial charge in [0.05, 0.1) is 0 Å². The number of ketones is 1. The molecule has 0 aliphatic carbocycles. The van der Waals surface area contributed by atoms with Gasteiger partial charge in [-0.1, -0.05) is 20.3 Å². The first-order valence-electron chi connectivity index (χ1n) is 4.50. The van der Waals surface area contributed by atoms with E-state index in [1.165, 1.54) is 0 Å². The SMILES string of the molecule is CC(C)CCCC(=O)CS(C)(=O)=O. The van der Waals surface area contributed by atoms with Gasteiger partial charge in [0, 0.05) is 12.7 Å². The summed E-state index contributed by atoms with van der Waals surface area (Å²) < 4.78 is 21.4. The molecule has 0 amide bonds. The number of sulfone groups is 1. The lowest BCUT2D eigenvalue weighted by molar-refractivity contribution is -0.116. The van der Waals surface area contributed by atoms with Crippen molar-refractivity contribution >= 4 is 15.6 Å². The summed E-state index contributed by atoms with van der Waals surface area (Å²) in [6.07, 6.45) is 3.26. The van der Waals surface area contributed by atoms with Crippen LogP contribution in [0.1, 0.15) is 33.1 Å². The molecule has 0 heterocycles. The highest BCUT2D eigenvalue weighted by atomic mass is 32.2. The van der Waals surface area contributed by atoms with Crippen molar-refractivity contribution in [3.05, 3.63) is 0 Å². The minimum atomic E-state index is -3.12. The van der Waals surface area contributed by atoms with Crippen molar-refractivity contribution in [1.82, 2.24) is 0 Å². The Hall–Kier alpha value is -0.380. The van der Waals surface area contributed by atoms with Crippen LogP contribution in [0, 0.1) is 5.92 Å². The molecule has 13 heavy (non-hydrogen) atoms. The molecule has 3 nitrogen and oxygen atoms in total. The van der Waals surface area contributed by atoms with Crippen LogP contribution in [0.4, 0.5) is 0 Å². The second-order valence-electron chi connectivity index (χ2n) is 3.89. The zero-order chi connectivity index (χ0) is 10.5. The van der Waals surface area contributed by atoms with Crippen molar-refractivity contribution in [3.8, 4) is 0 Å². The van der Waals surface area contributed by atoms with E-state index in [-0.39, 0.29) is 11.5 Å². The van der Waals surface area contributed by atoms with Crippen LogP contribution in [-0.4, -0.2) is 26.2 Å². The molecule has 0 saturated heterocycles. The Kier molecular flexibility index (Phi) is 5.21. The molecule has 0 N–H and O–H groups in total. The highest BCUT2D eigenvalue weighted by Gasteiger charge is 2.10. The molecule has 0 aromatic carbocycles. The zero-order valence-corrected chi connectivity index (χ0v) is 9.36. The normalized spacial score (nSPS) is 12.0. The van der Waals surface area contributed by atoms with Crippen LogP contribution >= 0.6 is 0 Å². The maximum Gasteiger partial charge on any atom is 0.154 e. The summed E-state index contributed by atoms with van der Waals surface area (Å²) in [7, 11) is -3.12.